The van der Waals surface area contributed by atoms with Crippen LogP contribution in [0.1, 0.15) is 13.3 Å². The van der Waals surface area contributed by atoms with Gasteiger partial charge in [-0.25, -0.2) is 0 Å². The van der Waals surface area contributed by atoms with E-state index in [-0.39, 0.29) is 12.1 Å². The summed E-state index contributed by atoms with van der Waals surface area (Å²) in [7, 11) is 0. The van der Waals surface area contributed by atoms with Crippen molar-refractivity contribution < 1.29 is 9.53 Å². The van der Waals surface area contributed by atoms with Crippen molar-refractivity contribution in [2.24, 2.45) is 0 Å². The van der Waals surface area contributed by atoms with E-state index in [1.807, 2.05) is 6.08 Å². The van der Waals surface area contributed by atoms with Gasteiger partial charge < -0.3 is 4.74 Å². The van der Waals surface area contributed by atoms with E-state index in [9.17, 15) is 4.79 Å². The predicted octanol–water partition coefficient (Wildman–Crippen LogP) is 1.07. The molecule has 0 spiro atoms. The molecule has 0 bridgehead atoms. The number of hydrogen-bond acceptors (Lipinski definition) is 4. The molecule has 0 aromatic heterocycles. The van der Waals surface area contributed by atoms with E-state index in [1.54, 1.807) is 5.41 Å². The lowest BCUT2D eigenvalue weighted by Crippen LogP contribution is -2.24. The first-order chi connectivity index (χ1) is 6.22. The minimum Gasteiger partial charge on any atom is -0.461 e. The lowest BCUT2D eigenvalue weighted by molar-refractivity contribution is -0.145. The SMILES string of the molecule is CC(=O)O[C@@H]1CCN(C/C=C\S)C1. The lowest BCUT2D eigenvalue weighted by Gasteiger charge is -2.13. The van der Waals surface area contributed by atoms with Crippen molar-refractivity contribution in [1.82, 2.24) is 4.90 Å². The zero-order valence-corrected chi connectivity index (χ0v) is 8.67. The fourth-order valence-corrected chi connectivity index (χ4v) is 1.58. The summed E-state index contributed by atoms with van der Waals surface area (Å²) in [5, 5.41) is 1.74. The summed E-state index contributed by atoms with van der Waals surface area (Å²) in [4.78, 5) is 12.9. The van der Waals surface area contributed by atoms with Gasteiger partial charge in [0.2, 0.25) is 0 Å². The molecule has 13 heavy (non-hydrogen) atoms. The third-order valence-corrected chi connectivity index (χ3v) is 2.24. The van der Waals surface area contributed by atoms with Gasteiger partial charge in [-0.3, -0.25) is 9.69 Å². The third kappa shape index (κ3) is 3.83. The molecule has 0 aliphatic carbocycles. The molecule has 1 aliphatic heterocycles. The molecule has 0 aromatic carbocycles. The highest BCUT2D eigenvalue weighted by Gasteiger charge is 2.23. The van der Waals surface area contributed by atoms with Crippen molar-refractivity contribution in [3.05, 3.63) is 11.5 Å². The number of nitrogens with zero attached hydrogens (tertiary/aromatic N) is 1. The quantitative estimate of drug-likeness (QED) is 0.547. The fourth-order valence-electron chi connectivity index (χ4n) is 1.49. The third-order valence-electron chi connectivity index (χ3n) is 2.03. The molecule has 1 heterocycles. The largest absolute Gasteiger partial charge is 0.461 e. The molecule has 1 fully saturated rings. The maximum Gasteiger partial charge on any atom is 0.302 e. The Bertz CT molecular complexity index is 206. The van der Waals surface area contributed by atoms with Crippen molar-refractivity contribution in [2.45, 2.75) is 19.4 Å². The molecule has 0 saturated carbocycles. The summed E-state index contributed by atoms with van der Waals surface area (Å²) in [6.07, 6.45) is 3.02. The fraction of sp³-hybridized carbons (Fsp3) is 0.667. The van der Waals surface area contributed by atoms with E-state index in [2.05, 4.69) is 17.5 Å². The van der Waals surface area contributed by atoms with Crippen molar-refractivity contribution in [3.63, 3.8) is 0 Å². The molecule has 0 unspecified atom stereocenters. The van der Waals surface area contributed by atoms with Crippen LogP contribution >= 0.6 is 12.6 Å². The molecule has 74 valence electrons. The Labute approximate surface area is 84.2 Å². The molecule has 1 rings (SSSR count). The average Bonchev–Trinajstić information content (AvgIpc) is 2.48. The Balaban J connectivity index is 2.23. The maximum atomic E-state index is 10.7. The number of hydrogen-bond donors (Lipinski definition) is 1. The van der Waals surface area contributed by atoms with Gasteiger partial charge in [0.1, 0.15) is 6.10 Å². The van der Waals surface area contributed by atoms with Crippen LogP contribution in [0.15, 0.2) is 11.5 Å². The molecule has 3 nitrogen and oxygen atoms in total. The minimum atomic E-state index is -0.184. The van der Waals surface area contributed by atoms with Crippen LogP contribution in [0.2, 0.25) is 0 Å². The van der Waals surface area contributed by atoms with E-state index in [1.165, 1.54) is 6.92 Å². The van der Waals surface area contributed by atoms with Gasteiger partial charge in [-0.2, -0.15) is 12.6 Å². The molecule has 1 aliphatic rings. The van der Waals surface area contributed by atoms with Crippen LogP contribution in [0.25, 0.3) is 0 Å². The molecular weight excluding hydrogens is 186 g/mol. The zero-order chi connectivity index (χ0) is 9.68. The molecule has 1 saturated heterocycles. The van der Waals surface area contributed by atoms with Crippen LogP contribution in [0, 0.1) is 0 Å². The normalized spacial score (nSPS) is 24.0. The van der Waals surface area contributed by atoms with Crippen molar-refractivity contribution in [3.8, 4) is 0 Å². The Morgan fingerprint density at radius 2 is 2.54 bits per heavy atom. The standard InChI is InChI=1S/C9H15NO2S/c1-8(11)12-9-3-5-10(7-9)4-2-6-13/h2,6,9,13H,3-5,7H2,1H3/b6-2-/t9-/m1/s1. The zero-order valence-electron chi connectivity index (χ0n) is 7.77. The number of thiol groups is 1. The van der Waals surface area contributed by atoms with Crippen LogP contribution in [0.4, 0.5) is 0 Å². The summed E-state index contributed by atoms with van der Waals surface area (Å²) in [6.45, 7) is 4.19. The summed E-state index contributed by atoms with van der Waals surface area (Å²) < 4.78 is 5.10. The van der Waals surface area contributed by atoms with E-state index in [0.717, 1.165) is 26.1 Å². The van der Waals surface area contributed by atoms with Crippen LogP contribution in [0.3, 0.4) is 0 Å². The summed E-state index contributed by atoms with van der Waals surface area (Å²) in [6, 6.07) is 0. The highest BCUT2D eigenvalue weighted by molar-refractivity contribution is 7.83. The first kappa shape index (κ1) is 10.6. The monoisotopic (exact) mass is 201 g/mol. The topological polar surface area (TPSA) is 29.5 Å². The van der Waals surface area contributed by atoms with Gasteiger partial charge in [0.05, 0.1) is 0 Å². The van der Waals surface area contributed by atoms with Crippen LogP contribution < -0.4 is 0 Å². The van der Waals surface area contributed by atoms with E-state index in [0.29, 0.717) is 0 Å². The highest BCUT2D eigenvalue weighted by atomic mass is 32.1. The van der Waals surface area contributed by atoms with Crippen LogP contribution in [-0.2, 0) is 9.53 Å². The summed E-state index contributed by atoms with van der Waals surface area (Å²) >= 11 is 3.98. The first-order valence-corrected chi connectivity index (χ1v) is 4.93. The van der Waals surface area contributed by atoms with Crippen LogP contribution in [0.5, 0.6) is 0 Å². The van der Waals surface area contributed by atoms with Gasteiger partial charge in [0.15, 0.2) is 0 Å². The van der Waals surface area contributed by atoms with E-state index < -0.39 is 0 Å². The second-order valence-electron chi connectivity index (χ2n) is 3.16. The van der Waals surface area contributed by atoms with Gasteiger partial charge in [-0.05, 0) is 11.8 Å². The molecular formula is C9H15NO2S. The van der Waals surface area contributed by atoms with Crippen LogP contribution in [-0.4, -0.2) is 36.6 Å². The second kappa shape index (κ2) is 5.29. The van der Waals surface area contributed by atoms with Crippen molar-refractivity contribution >= 4 is 18.6 Å². The predicted molar refractivity (Wildman–Crippen MR) is 54.7 cm³/mol. The molecule has 0 amide bonds. The smallest absolute Gasteiger partial charge is 0.302 e. The van der Waals surface area contributed by atoms with E-state index >= 15 is 0 Å². The summed E-state index contributed by atoms with van der Waals surface area (Å²) in [5.41, 5.74) is 0. The number of carbonyl (C=O) groups is 1. The van der Waals surface area contributed by atoms with Gasteiger partial charge in [0.25, 0.3) is 0 Å². The number of esters is 1. The molecule has 0 N–H and O–H groups in total. The Morgan fingerprint density at radius 1 is 1.77 bits per heavy atom. The first-order valence-electron chi connectivity index (χ1n) is 4.41. The average molecular weight is 201 g/mol. The molecule has 0 radical (unpaired) electrons. The molecule has 1 atom stereocenters. The molecule has 4 heteroatoms. The van der Waals surface area contributed by atoms with Crippen molar-refractivity contribution in [2.75, 3.05) is 19.6 Å². The Morgan fingerprint density at radius 3 is 3.15 bits per heavy atom. The number of likely N-dealkylation sites (tertiary alicyclic amines) is 1. The van der Waals surface area contributed by atoms with Crippen molar-refractivity contribution in [1.29, 1.82) is 0 Å². The number of rotatable bonds is 3. The molecule has 0 aromatic rings. The van der Waals surface area contributed by atoms with Gasteiger partial charge in [-0.1, -0.05) is 6.08 Å². The van der Waals surface area contributed by atoms with E-state index in [4.69, 9.17) is 4.74 Å². The number of carbonyl (C=O) groups excluding carboxylic acids is 1. The Kier molecular flexibility index (Phi) is 4.32. The Hall–Kier alpha value is -0.480. The maximum absolute atomic E-state index is 10.7. The lowest BCUT2D eigenvalue weighted by atomic mass is 10.3. The summed E-state index contributed by atoms with van der Waals surface area (Å²) in [5.74, 6) is -0.184. The number of ether oxygens (including phenoxy) is 1. The highest BCUT2D eigenvalue weighted by Crippen LogP contribution is 2.12. The van der Waals surface area contributed by atoms with Gasteiger partial charge in [-0.15, -0.1) is 0 Å². The second-order valence-corrected chi connectivity index (χ2v) is 3.46. The van der Waals surface area contributed by atoms with Gasteiger partial charge in [0, 0.05) is 26.6 Å². The van der Waals surface area contributed by atoms with Gasteiger partial charge >= 0.3 is 5.97 Å². The minimum absolute atomic E-state index is 0.0887.